The van der Waals surface area contributed by atoms with Crippen LogP contribution in [0.4, 0.5) is 4.39 Å². The van der Waals surface area contributed by atoms with Crippen LogP contribution in [-0.4, -0.2) is 19.3 Å². The van der Waals surface area contributed by atoms with E-state index in [-0.39, 0.29) is 17.5 Å². The Hall–Kier alpha value is -0.930. The fraction of sp³-hybridized carbons (Fsp3) is 0.600. The van der Waals surface area contributed by atoms with Crippen LogP contribution in [0.3, 0.4) is 0 Å². The Bertz CT molecular complexity index is 363. The van der Waals surface area contributed by atoms with Gasteiger partial charge in [-0.1, -0.05) is 26.0 Å². The molecule has 1 N–H and O–H groups in total. The van der Waals surface area contributed by atoms with Crippen LogP contribution in [0.2, 0.25) is 0 Å². The molecule has 0 spiro atoms. The molecule has 1 aromatic rings. The van der Waals surface area contributed by atoms with Gasteiger partial charge in [-0.3, -0.25) is 0 Å². The van der Waals surface area contributed by atoms with E-state index in [2.05, 4.69) is 19.2 Å². The summed E-state index contributed by atoms with van der Waals surface area (Å²) in [4.78, 5) is 0. The predicted octanol–water partition coefficient (Wildman–Crippen LogP) is 3.68. The molecular formula is C15H24FNO. The highest BCUT2D eigenvalue weighted by Crippen LogP contribution is 2.35. The van der Waals surface area contributed by atoms with Gasteiger partial charge in [0.25, 0.3) is 0 Å². The molecule has 1 aromatic carbocycles. The molecule has 0 radical (unpaired) electrons. The maximum Gasteiger partial charge on any atom is 0.123 e. The smallest absolute Gasteiger partial charge is 0.123 e. The van der Waals surface area contributed by atoms with Gasteiger partial charge in [0.05, 0.1) is 11.6 Å². The van der Waals surface area contributed by atoms with E-state index < -0.39 is 0 Å². The van der Waals surface area contributed by atoms with Crippen molar-refractivity contribution in [3.05, 3.63) is 35.6 Å². The van der Waals surface area contributed by atoms with Crippen molar-refractivity contribution in [1.29, 1.82) is 0 Å². The number of benzene rings is 1. The van der Waals surface area contributed by atoms with E-state index in [1.807, 2.05) is 20.0 Å². The van der Waals surface area contributed by atoms with Crippen LogP contribution >= 0.6 is 0 Å². The molecule has 2 nitrogen and oxygen atoms in total. The second kappa shape index (κ2) is 6.86. The molecule has 0 saturated carbocycles. The second-order valence-electron chi connectivity index (χ2n) is 4.48. The van der Waals surface area contributed by atoms with Crippen molar-refractivity contribution < 1.29 is 9.13 Å². The molecule has 0 aromatic heterocycles. The summed E-state index contributed by atoms with van der Waals surface area (Å²) in [6.07, 6.45) is 1.78. The molecule has 0 aliphatic heterocycles. The summed E-state index contributed by atoms with van der Waals surface area (Å²) in [6, 6.07) is 6.75. The van der Waals surface area contributed by atoms with Crippen LogP contribution in [0, 0.1) is 5.82 Å². The zero-order chi connectivity index (χ0) is 13.6. The molecule has 0 amide bonds. The van der Waals surface area contributed by atoms with E-state index >= 15 is 0 Å². The third kappa shape index (κ3) is 3.09. The lowest BCUT2D eigenvalue weighted by Gasteiger charge is -2.39. The summed E-state index contributed by atoms with van der Waals surface area (Å²) in [5.41, 5.74) is 0.659. The molecule has 1 unspecified atom stereocenters. The molecule has 0 bridgehead atoms. The van der Waals surface area contributed by atoms with Gasteiger partial charge in [0.2, 0.25) is 0 Å². The lowest BCUT2D eigenvalue weighted by molar-refractivity contribution is -0.0718. The first-order valence-corrected chi connectivity index (χ1v) is 6.70. The molecule has 0 saturated heterocycles. The molecule has 0 aliphatic rings. The summed E-state index contributed by atoms with van der Waals surface area (Å²) < 4.78 is 19.4. The van der Waals surface area contributed by atoms with E-state index in [0.717, 1.165) is 18.4 Å². The van der Waals surface area contributed by atoms with Gasteiger partial charge in [0.15, 0.2) is 0 Å². The van der Waals surface area contributed by atoms with Gasteiger partial charge >= 0.3 is 0 Å². The maximum atomic E-state index is 13.4. The Morgan fingerprint density at radius 2 is 1.94 bits per heavy atom. The lowest BCUT2D eigenvalue weighted by Crippen LogP contribution is -2.44. The lowest BCUT2D eigenvalue weighted by atomic mass is 9.83. The van der Waals surface area contributed by atoms with Crippen LogP contribution in [0.5, 0.6) is 0 Å². The first-order valence-electron chi connectivity index (χ1n) is 6.70. The summed E-state index contributed by atoms with van der Waals surface area (Å²) in [7, 11) is 1.90. The van der Waals surface area contributed by atoms with Gasteiger partial charge in [0, 0.05) is 6.61 Å². The number of ether oxygens (including phenoxy) is 1. The largest absolute Gasteiger partial charge is 0.373 e. The Morgan fingerprint density at radius 3 is 2.39 bits per heavy atom. The predicted molar refractivity (Wildman–Crippen MR) is 73.1 cm³/mol. The molecule has 0 fully saturated rings. The highest BCUT2D eigenvalue weighted by atomic mass is 19.1. The Morgan fingerprint density at radius 1 is 1.28 bits per heavy atom. The second-order valence-corrected chi connectivity index (χ2v) is 4.48. The highest BCUT2D eigenvalue weighted by molar-refractivity contribution is 5.23. The van der Waals surface area contributed by atoms with Gasteiger partial charge in [-0.25, -0.2) is 4.39 Å². The molecule has 102 valence electrons. The van der Waals surface area contributed by atoms with Gasteiger partial charge in [-0.05, 0) is 44.5 Å². The molecular weight excluding hydrogens is 229 g/mol. The van der Waals surface area contributed by atoms with Crippen molar-refractivity contribution in [3.8, 4) is 0 Å². The molecule has 3 heteroatoms. The van der Waals surface area contributed by atoms with Crippen LogP contribution in [0.25, 0.3) is 0 Å². The number of likely N-dealkylation sites (N-methyl/N-ethyl adjacent to an activating group) is 1. The zero-order valence-corrected chi connectivity index (χ0v) is 11.8. The minimum absolute atomic E-state index is 0.00292. The molecule has 1 atom stereocenters. The summed E-state index contributed by atoms with van der Waals surface area (Å²) in [5.74, 6) is -0.203. The average molecular weight is 253 g/mol. The van der Waals surface area contributed by atoms with Gasteiger partial charge in [-0.2, -0.15) is 0 Å². The van der Waals surface area contributed by atoms with Crippen LogP contribution in [0.1, 0.15) is 45.2 Å². The maximum absolute atomic E-state index is 13.4. The Labute approximate surface area is 110 Å². The number of halogens is 1. The first kappa shape index (κ1) is 15.1. The molecule has 18 heavy (non-hydrogen) atoms. The fourth-order valence-corrected chi connectivity index (χ4v) is 2.65. The van der Waals surface area contributed by atoms with E-state index in [1.165, 1.54) is 6.07 Å². The van der Waals surface area contributed by atoms with Crippen molar-refractivity contribution in [3.63, 3.8) is 0 Å². The van der Waals surface area contributed by atoms with E-state index in [1.54, 1.807) is 12.1 Å². The fourth-order valence-electron chi connectivity index (χ4n) is 2.65. The van der Waals surface area contributed by atoms with Crippen LogP contribution < -0.4 is 5.32 Å². The molecule has 1 rings (SSSR count). The zero-order valence-electron chi connectivity index (χ0n) is 11.8. The highest BCUT2D eigenvalue weighted by Gasteiger charge is 2.36. The third-order valence-electron chi connectivity index (χ3n) is 3.63. The summed E-state index contributed by atoms with van der Waals surface area (Å²) >= 11 is 0. The number of hydrogen-bond donors (Lipinski definition) is 1. The normalized spacial score (nSPS) is 13.6. The van der Waals surface area contributed by atoms with Crippen molar-refractivity contribution in [2.45, 2.75) is 45.3 Å². The number of rotatable bonds is 7. The van der Waals surface area contributed by atoms with E-state index in [4.69, 9.17) is 4.74 Å². The van der Waals surface area contributed by atoms with E-state index in [9.17, 15) is 4.39 Å². The topological polar surface area (TPSA) is 21.3 Å². The first-order chi connectivity index (χ1) is 8.63. The van der Waals surface area contributed by atoms with E-state index in [0.29, 0.717) is 6.61 Å². The Balaban J connectivity index is 3.13. The average Bonchev–Trinajstić information content (AvgIpc) is 2.38. The van der Waals surface area contributed by atoms with Crippen LogP contribution in [0.15, 0.2) is 24.3 Å². The van der Waals surface area contributed by atoms with Crippen molar-refractivity contribution in [2.24, 2.45) is 0 Å². The SMILES string of the molecule is CCOC(CC)(CC)C(NC)c1cccc(F)c1. The minimum Gasteiger partial charge on any atom is -0.373 e. The monoisotopic (exact) mass is 253 g/mol. The van der Waals surface area contributed by atoms with Gasteiger partial charge in [0.1, 0.15) is 5.82 Å². The summed E-state index contributed by atoms with van der Waals surface area (Å²) in [6.45, 7) is 6.89. The number of hydrogen-bond acceptors (Lipinski definition) is 2. The van der Waals surface area contributed by atoms with Gasteiger partial charge in [-0.15, -0.1) is 0 Å². The van der Waals surface area contributed by atoms with Crippen molar-refractivity contribution in [1.82, 2.24) is 5.32 Å². The quantitative estimate of drug-likeness (QED) is 0.800. The Kier molecular flexibility index (Phi) is 5.76. The summed E-state index contributed by atoms with van der Waals surface area (Å²) in [5, 5.41) is 3.28. The van der Waals surface area contributed by atoms with Crippen molar-refractivity contribution >= 4 is 0 Å². The van der Waals surface area contributed by atoms with Gasteiger partial charge < -0.3 is 10.1 Å². The molecule has 0 aliphatic carbocycles. The van der Waals surface area contributed by atoms with Crippen LogP contribution in [-0.2, 0) is 4.74 Å². The molecule has 0 heterocycles. The number of nitrogens with one attached hydrogen (secondary N) is 1. The third-order valence-corrected chi connectivity index (χ3v) is 3.63. The standard InChI is InChI=1S/C15H24FNO/c1-5-15(6-2,18-7-3)14(17-4)12-9-8-10-13(16)11-12/h8-11,14,17H,5-7H2,1-4H3. The van der Waals surface area contributed by atoms with Crippen molar-refractivity contribution in [2.75, 3.05) is 13.7 Å². The minimum atomic E-state index is -0.280.